The van der Waals surface area contributed by atoms with Crippen molar-refractivity contribution in [3.63, 3.8) is 0 Å². The van der Waals surface area contributed by atoms with Crippen LogP contribution in [0.2, 0.25) is 0 Å². The Kier molecular flexibility index (Phi) is 5.65. The summed E-state index contributed by atoms with van der Waals surface area (Å²) in [6, 6.07) is 8.10. The number of rotatable bonds is 5. The normalized spacial score (nSPS) is 23.0. The zero-order valence-electron chi connectivity index (χ0n) is 14.6. The van der Waals surface area contributed by atoms with Gasteiger partial charge in [-0.2, -0.15) is 0 Å². The first-order valence-corrected chi connectivity index (χ1v) is 8.28. The molecular formula is C18H29N3O2. The van der Waals surface area contributed by atoms with E-state index in [0.29, 0.717) is 12.5 Å². The number of nitrogens with zero attached hydrogens (tertiary/aromatic N) is 1. The molecule has 23 heavy (non-hydrogen) atoms. The minimum Gasteiger partial charge on any atom is -0.387 e. The minimum atomic E-state index is -0.947. The van der Waals surface area contributed by atoms with E-state index in [4.69, 9.17) is 0 Å². The predicted molar refractivity (Wildman–Crippen MR) is 92.4 cm³/mol. The lowest BCUT2D eigenvalue weighted by Crippen LogP contribution is -2.50. The molecular weight excluding hydrogens is 290 g/mol. The van der Waals surface area contributed by atoms with Gasteiger partial charge in [-0.3, -0.25) is 0 Å². The first-order chi connectivity index (χ1) is 10.8. The van der Waals surface area contributed by atoms with E-state index < -0.39 is 5.60 Å². The summed E-state index contributed by atoms with van der Waals surface area (Å²) in [5, 5.41) is 16.1. The van der Waals surface area contributed by atoms with Crippen LogP contribution in [0.25, 0.3) is 0 Å². The van der Waals surface area contributed by atoms with Gasteiger partial charge < -0.3 is 20.6 Å². The molecule has 0 fully saturated rings. The molecule has 0 aliphatic heterocycles. The van der Waals surface area contributed by atoms with Crippen LogP contribution in [0.15, 0.2) is 24.3 Å². The van der Waals surface area contributed by atoms with E-state index in [9.17, 15) is 9.90 Å². The number of carbonyl (C=O) groups is 1. The SMILES string of the molecule is CC1CCc2ccccc2C1NC(=O)NCC(C)(O)CN(C)C. The third-order valence-corrected chi connectivity index (χ3v) is 4.40. The number of nitrogens with one attached hydrogen (secondary N) is 2. The largest absolute Gasteiger partial charge is 0.387 e. The van der Waals surface area contributed by atoms with E-state index in [-0.39, 0.29) is 18.6 Å². The molecule has 1 aromatic rings. The van der Waals surface area contributed by atoms with Crippen LogP contribution >= 0.6 is 0 Å². The van der Waals surface area contributed by atoms with Gasteiger partial charge in [0.05, 0.1) is 11.6 Å². The van der Waals surface area contributed by atoms with Crippen LogP contribution < -0.4 is 10.6 Å². The Morgan fingerprint density at radius 1 is 1.39 bits per heavy atom. The number of carbonyl (C=O) groups excluding carboxylic acids is 1. The van der Waals surface area contributed by atoms with Gasteiger partial charge in [0.15, 0.2) is 0 Å². The lowest BCUT2D eigenvalue weighted by molar-refractivity contribution is 0.0358. The number of amides is 2. The van der Waals surface area contributed by atoms with Gasteiger partial charge in [0.1, 0.15) is 0 Å². The summed E-state index contributed by atoms with van der Waals surface area (Å²) < 4.78 is 0. The number of hydrogen-bond acceptors (Lipinski definition) is 3. The van der Waals surface area contributed by atoms with Crippen molar-refractivity contribution >= 4 is 6.03 Å². The van der Waals surface area contributed by atoms with Crippen LogP contribution in [-0.2, 0) is 6.42 Å². The number of fused-ring (bicyclic) bond motifs is 1. The highest BCUT2D eigenvalue weighted by atomic mass is 16.3. The first kappa shape index (κ1) is 17.8. The zero-order valence-corrected chi connectivity index (χ0v) is 14.6. The van der Waals surface area contributed by atoms with E-state index in [1.807, 2.05) is 31.1 Å². The van der Waals surface area contributed by atoms with E-state index in [1.165, 1.54) is 11.1 Å². The van der Waals surface area contributed by atoms with Crippen LogP contribution in [0.1, 0.15) is 37.4 Å². The smallest absolute Gasteiger partial charge is 0.315 e. The Hall–Kier alpha value is -1.59. The maximum absolute atomic E-state index is 12.3. The summed E-state index contributed by atoms with van der Waals surface area (Å²) in [6.45, 7) is 4.62. The van der Waals surface area contributed by atoms with Crippen LogP contribution in [0.3, 0.4) is 0 Å². The zero-order chi connectivity index (χ0) is 17.0. The molecule has 1 aromatic carbocycles. The van der Waals surface area contributed by atoms with Crippen molar-refractivity contribution in [3.8, 4) is 0 Å². The fourth-order valence-corrected chi connectivity index (χ4v) is 3.34. The second-order valence-corrected chi connectivity index (χ2v) is 7.25. The fraction of sp³-hybridized carbons (Fsp3) is 0.611. The molecule has 0 aromatic heterocycles. The quantitative estimate of drug-likeness (QED) is 0.777. The average Bonchev–Trinajstić information content (AvgIpc) is 2.47. The Labute approximate surface area is 139 Å². The van der Waals surface area contributed by atoms with Gasteiger partial charge in [0.2, 0.25) is 0 Å². The molecule has 0 saturated carbocycles. The standard InChI is InChI=1S/C18H29N3O2/c1-13-9-10-14-7-5-6-8-15(14)16(13)20-17(22)19-11-18(2,23)12-21(3)4/h5-8,13,16,23H,9-12H2,1-4H3,(H2,19,20,22). The average molecular weight is 319 g/mol. The molecule has 128 valence electrons. The highest BCUT2D eigenvalue weighted by Crippen LogP contribution is 2.33. The van der Waals surface area contributed by atoms with Gasteiger partial charge in [-0.1, -0.05) is 31.2 Å². The van der Waals surface area contributed by atoms with Gasteiger partial charge >= 0.3 is 6.03 Å². The number of hydrogen-bond donors (Lipinski definition) is 3. The molecule has 2 amide bonds. The molecule has 3 atom stereocenters. The summed E-state index contributed by atoms with van der Waals surface area (Å²) in [5.41, 5.74) is 1.58. The Balaban J connectivity index is 1.95. The number of urea groups is 1. The van der Waals surface area contributed by atoms with Crippen molar-refractivity contribution in [2.45, 2.75) is 38.3 Å². The molecule has 3 unspecified atom stereocenters. The van der Waals surface area contributed by atoms with Crippen molar-refractivity contribution in [1.29, 1.82) is 0 Å². The van der Waals surface area contributed by atoms with Gasteiger partial charge in [-0.25, -0.2) is 4.79 Å². The van der Waals surface area contributed by atoms with Crippen molar-refractivity contribution < 1.29 is 9.90 Å². The van der Waals surface area contributed by atoms with E-state index in [2.05, 4.69) is 29.7 Å². The highest BCUT2D eigenvalue weighted by Gasteiger charge is 2.28. The highest BCUT2D eigenvalue weighted by molar-refractivity contribution is 5.74. The molecule has 5 nitrogen and oxygen atoms in total. The molecule has 2 rings (SSSR count). The van der Waals surface area contributed by atoms with E-state index in [1.54, 1.807) is 6.92 Å². The van der Waals surface area contributed by atoms with Gasteiger partial charge in [0, 0.05) is 13.1 Å². The van der Waals surface area contributed by atoms with Crippen LogP contribution in [0.5, 0.6) is 0 Å². The summed E-state index contributed by atoms with van der Waals surface area (Å²) in [7, 11) is 3.80. The predicted octanol–water partition coefficient (Wildman–Crippen LogP) is 1.92. The summed E-state index contributed by atoms with van der Waals surface area (Å²) >= 11 is 0. The molecule has 3 N–H and O–H groups in total. The van der Waals surface area contributed by atoms with Crippen molar-refractivity contribution in [2.24, 2.45) is 5.92 Å². The first-order valence-electron chi connectivity index (χ1n) is 8.28. The number of aliphatic hydroxyl groups is 1. The lowest BCUT2D eigenvalue weighted by Gasteiger charge is -2.33. The number of likely N-dealkylation sites (N-methyl/N-ethyl adjacent to an activating group) is 1. The van der Waals surface area contributed by atoms with Crippen molar-refractivity contribution in [2.75, 3.05) is 27.2 Å². The van der Waals surface area contributed by atoms with Crippen molar-refractivity contribution in [1.82, 2.24) is 15.5 Å². The fourth-order valence-electron chi connectivity index (χ4n) is 3.34. The monoisotopic (exact) mass is 319 g/mol. The second kappa shape index (κ2) is 7.32. The molecule has 0 bridgehead atoms. The number of benzene rings is 1. The van der Waals surface area contributed by atoms with Crippen LogP contribution in [0, 0.1) is 5.92 Å². The number of aryl methyl sites for hydroxylation is 1. The Bertz CT molecular complexity index is 543. The van der Waals surface area contributed by atoms with Crippen LogP contribution in [-0.4, -0.2) is 48.8 Å². The van der Waals surface area contributed by atoms with E-state index >= 15 is 0 Å². The van der Waals surface area contributed by atoms with E-state index in [0.717, 1.165) is 12.8 Å². The second-order valence-electron chi connectivity index (χ2n) is 7.25. The molecule has 1 aliphatic carbocycles. The molecule has 0 radical (unpaired) electrons. The third kappa shape index (κ3) is 4.94. The summed E-state index contributed by atoms with van der Waals surface area (Å²) in [4.78, 5) is 14.2. The summed E-state index contributed by atoms with van der Waals surface area (Å²) in [5.74, 6) is 0.401. The topological polar surface area (TPSA) is 64.6 Å². The lowest BCUT2D eigenvalue weighted by atomic mass is 9.81. The third-order valence-electron chi connectivity index (χ3n) is 4.40. The maximum atomic E-state index is 12.3. The summed E-state index contributed by atoms with van der Waals surface area (Å²) in [6.07, 6.45) is 2.13. The Morgan fingerprint density at radius 3 is 2.78 bits per heavy atom. The molecule has 1 aliphatic rings. The maximum Gasteiger partial charge on any atom is 0.315 e. The molecule has 0 saturated heterocycles. The van der Waals surface area contributed by atoms with Crippen molar-refractivity contribution in [3.05, 3.63) is 35.4 Å². The molecule has 5 heteroatoms. The van der Waals surface area contributed by atoms with Gasteiger partial charge in [0.25, 0.3) is 0 Å². The minimum absolute atomic E-state index is 0.0266. The molecule has 0 heterocycles. The van der Waals surface area contributed by atoms with Gasteiger partial charge in [-0.05, 0) is 50.9 Å². The van der Waals surface area contributed by atoms with Crippen LogP contribution in [0.4, 0.5) is 4.79 Å². The Morgan fingerprint density at radius 2 is 2.09 bits per heavy atom. The van der Waals surface area contributed by atoms with Gasteiger partial charge in [-0.15, -0.1) is 0 Å². The molecule has 0 spiro atoms.